The Morgan fingerprint density at radius 3 is 2.48 bits per heavy atom. The summed E-state index contributed by atoms with van der Waals surface area (Å²) in [5, 5.41) is 3.99. The predicted octanol–water partition coefficient (Wildman–Crippen LogP) is 0.633. The average molecular weight is 437 g/mol. The molecule has 3 aliphatic heterocycles. The number of piperidine rings is 1. The maximum Gasteiger partial charge on any atom is 0.226 e. The average Bonchev–Trinajstić information content (AvgIpc) is 3.15. The van der Waals surface area contributed by atoms with Gasteiger partial charge in [-0.15, -0.1) is 0 Å². The molecule has 3 aliphatic rings. The lowest BCUT2D eigenvalue weighted by molar-refractivity contribution is -0.134. The number of thioether (sulfide) groups is 1. The van der Waals surface area contributed by atoms with Gasteiger partial charge in [-0.3, -0.25) is 14.6 Å². The van der Waals surface area contributed by atoms with Crippen LogP contribution in [0.2, 0.25) is 0 Å². The fourth-order valence-electron chi connectivity index (χ4n) is 3.95. The molecule has 0 bridgehead atoms. The van der Waals surface area contributed by atoms with Crippen molar-refractivity contribution < 1.29 is 18.0 Å². The van der Waals surface area contributed by atoms with E-state index in [0.29, 0.717) is 32.4 Å². The third-order valence-corrected chi connectivity index (χ3v) is 8.77. The summed E-state index contributed by atoms with van der Waals surface area (Å²) < 4.78 is 23.3. The first-order chi connectivity index (χ1) is 13.8. The van der Waals surface area contributed by atoms with Crippen molar-refractivity contribution in [3.05, 3.63) is 29.8 Å². The van der Waals surface area contributed by atoms with Gasteiger partial charge < -0.3 is 16.0 Å². The summed E-state index contributed by atoms with van der Waals surface area (Å²) in [5.41, 5.74) is 7.12. The monoisotopic (exact) mass is 436 g/mol. The summed E-state index contributed by atoms with van der Waals surface area (Å²) in [5.74, 6) is -0.0308. The molecule has 8 nitrogen and oxygen atoms in total. The number of nitrogens with one attached hydrogen (secondary N) is 1. The standard InChI is InChI=1S/C19H24N4O4S2/c20-18(25)13-5-7-23(8-6-13)17(24)9-12-1-3-14(4-2-12)21-19-22-15-10-29(26,27)11-16(15)28-19/h1-4,13,15-16H,5-11H2,(H2,20,25)(H,21,22)/t15-,16+/m0/s1. The minimum absolute atomic E-state index is 0.0121. The highest BCUT2D eigenvalue weighted by Gasteiger charge is 2.42. The van der Waals surface area contributed by atoms with E-state index in [1.165, 1.54) is 11.8 Å². The minimum atomic E-state index is -2.95. The highest BCUT2D eigenvalue weighted by molar-refractivity contribution is 8.15. The number of carbonyl (C=O) groups is 2. The van der Waals surface area contributed by atoms with Gasteiger partial charge in [0.15, 0.2) is 15.0 Å². The fraction of sp³-hybridized carbons (Fsp3) is 0.526. The molecule has 0 aromatic heterocycles. The Morgan fingerprint density at radius 1 is 1.17 bits per heavy atom. The molecule has 156 valence electrons. The number of amidine groups is 1. The van der Waals surface area contributed by atoms with E-state index in [2.05, 4.69) is 10.3 Å². The summed E-state index contributed by atoms with van der Waals surface area (Å²) in [4.78, 5) is 30.0. The quantitative estimate of drug-likeness (QED) is 0.714. The number of carbonyl (C=O) groups excluding carboxylic acids is 2. The van der Waals surface area contributed by atoms with Crippen LogP contribution in [-0.4, -0.2) is 66.2 Å². The molecule has 3 N–H and O–H groups in total. The normalized spacial score (nSPS) is 26.1. The number of aliphatic imine (C=N–C) groups is 1. The number of nitrogens with two attached hydrogens (primary N) is 1. The molecule has 0 aliphatic carbocycles. The van der Waals surface area contributed by atoms with Gasteiger partial charge in [0.1, 0.15) is 0 Å². The van der Waals surface area contributed by atoms with Crippen LogP contribution in [0.25, 0.3) is 0 Å². The van der Waals surface area contributed by atoms with Crippen molar-refractivity contribution in [1.82, 2.24) is 4.90 Å². The van der Waals surface area contributed by atoms with Crippen LogP contribution in [0.4, 0.5) is 5.69 Å². The Bertz CT molecular complexity index is 937. The molecular formula is C19H24N4O4S2. The van der Waals surface area contributed by atoms with Crippen molar-refractivity contribution in [3.63, 3.8) is 0 Å². The Labute approximate surface area is 174 Å². The number of hydrogen-bond donors (Lipinski definition) is 2. The third kappa shape index (κ3) is 4.75. The Kier molecular flexibility index (Phi) is 5.56. The highest BCUT2D eigenvalue weighted by atomic mass is 32.2. The van der Waals surface area contributed by atoms with Crippen molar-refractivity contribution in [1.29, 1.82) is 0 Å². The second-order valence-electron chi connectivity index (χ2n) is 7.79. The van der Waals surface area contributed by atoms with Gasteiger partial charge in [-0.05, 0) is 30.5 Å². The Hall–Kier alpha value is -2.07. The molecule has 2 fully saturated rings. The fourth-order valence-corrected chi connectivity index (χ4v) is 7.62. The molecule has 1 aromatic carbocycles. The van der Waals surface area contributed by atoms with E-state index in [4.69, 9.17) is 5.73 Å². The topological polar surface area (TPSA) is 122 Å². The predicted molar refractivity (Wildman–Crippen MR) is 114 cm³/mol. The molecule has 0 unspecified atom stereocenters. The lowest BCUT2D eigenvalue weighted by Crippen LogP contribution is -2.42. The number of anilines is 1. The number of amides is 2. The molecule has 10 heteroatoms. The van der Waals surface area contributed by atoms with E-state index in [1.807, 2.05) is 24.3 Å². The Balaban J connectivity index is 1.29. The van der Waals surface area contributed by atoms with E-state index in [-0.39, 0.29) is 40.5 Å². The van der Waals surface area contributed by atoms with Crippen molar-refractivity contribution in [2.75, 3.05) is 29.9 Å². The summed E-state index contributed by atoms with van der Waals surface area (Å²) in [6, 6.07) is 7.46. The zero-order valence-corrected chi connectivity index (χ0v) is 17.5. The molecule has 4 rings (SSSR count). The van der Waals surface area contributed by atoms with Gasteiger partial charge in [0, 0.05) is 29.9 Å². The van der Waals surface area contributed by atoms with Crippen LogP contribution in [0.15, 0.2) is 29.3 Å². The SMILES string of the molecule is NC(=O)C1CCN(C(=O)Cc2ccc(NC3=N[C@H]4CS(=O)(=O)C[C@H]4S3)cc2)CC1. The number of rotatable bonds is 4. The van der Waals surface area contributed by atoms with Crippen LogP contribution in [0.3, 0.4) is 0 Å². The number of hydrogen-bond acceptors (Lipinski definition) is 7. The van der Waals surface area contributed by atoms with Crippen LogP contribution < -0.4 is 11.1 Å². The Morgan fingerprint density at radius 2 is 1.86 bits per heavy atom. The summed E-state index contributed by atoms with van der Waals surface area (Å²) in [7, 11) is -2.95. The van der Waals surface area contributed by atoms with Crippen molar-refractivity contribution in [3.8, 4) is 0 Å². The second-order valence-corrected chi connectivity index (χ2v) is 11.2. The van der Waals surface area contributed by atoms with Gasteiger partial charge in [0.2, 0.25) is 11.8 Å². The van der Waals surface area contributed by atoms with Crippen LogP contribution in [0.5, 0.6) is 0 Å². The van der Waals surface area contributed by atoms with E-state index < -0.39 is 9.84 Å². The lowest BCUT2D eigenvalue weighted by Gasteiger charge is -2.30. The van der Waals surface area contributed by atoms with Crippen molar-refractivity contribution >= 4 is 44.3 Å². The van der Waals surface area contributed by atoms with Crippen LogP contribution in [0, 0.1) is 5.92 Å². The summed E-state index contributed by atoms with van der Waals surface area (Å²) in [6.07, 6.45) is 1.58. The molecule has 0 radical (unpaired) electrons. The third-order valence-electron chi connectivity index (χ3n) is 5.63. The molecule has 0 saturated carbocycles. The number of benzene rings is 1. The van der Waals surface area contributed by atoms with Crippen LogP contribution in [0.1, 0.15) is 18.4 Å². The summed E-state index contributed by atoms with van der Waals surface area (Å²) in [6.45, 7) is 1.14. The molecule has 1 aromatic rings. The largest absolute Gasteiger partial charge is 0.369 e. The number of primary amides is 1. The molecule has 3 heterocycles. The lowest BCUT2D eigenvalue weighted by atomic mass is 9.96. The molecule has 2 saturated heterocycles. The number of likely N-dealkylation sites (tertiary alicyclic amines) is 1. The van der Waals surface area contributed by atoms with Gasteiger partial charge in [0.25, 0.3) is 0 Å². The maximum atomic E-state index is 12.5. The minimum Gasteiger partial charge on any atom is -0.369 e. The van der Waals surface area contributed by atoms with E-state index >= 15 is 0 Å². The van der Waals surface area contributed by atoms with E-state index in [0.717, 1.165) is 16.4 Å². The first kappa shape index (κ1) is 20.2. The summed E-state index contributed by atoms with van der Waals surface area (Å²) >= 11 is 1.48. The van der Waals surface area contributed by atoms with Crippen LogP contribution >= 0.6 is 11.8 Å². The van der Waals surface area contributed by atoms with Gasteiger partial charge in [-0.25, -0.2) is 8.42 Å². The van der Waals surface area contributed by atoms with Crippen molar-refractivity contribution in [2.24, 2.45) is 16.6 Å². The van der Waals surface area contributed by atoms with Gasteiger partial charge >= 0.3 is 0 Å². The zero-order chi connectivity index (χ0) is 20.6. The van der Waals surface area contributed by atoms with Crippen molar-refractivity contribution in [2.45, 2.75) is 30.6 Å². The second kappa shape index (κ2) is 7.98. The first-order valence-electron chi connectivity index (χ1n) is 9.67. The van der Waals surface area contributed by atoms with Gasteiger partial charge in [-0.1, -0.05) is 23.9 Å². The number of fused-ring (bicyclic) bond motifs is 1. The zero-order valence-electron chi connectivity index (χ0n) is 15.9. The number of sulfone groups is 1. The maximum absolute atomic E-state index is 12.5. The smallest absolute Gasteiger partial charge is 0.226 e. The van der Waals surface area contributed by atoms with E-state index in [1.54, 1.807) is 4.90 Å². The highest BCUT2D eigenvalue weighted by Crippen LogP contribution is 2.34. The first-order valence-corrected chi connectivity index (χ1v) is 12.4. The molecule has 0 spiro atoms. The molecular weight excluding hydrogens is 412 g/mol. The van der Waals surface area contributed by atoms with E-state index in [9.17, 15) is 18.0 Å². The molecule has 2 amide bonds. The molecule has 29 heavy (non-hydrogen) atoms. The van der Waals surface area contributed by atoms with Gasteiger partial charge in [-0.2, -0.15) is 0 Å². The van der Waals surface area contributed by atoms with Gasteiger partial charge in [0.05, 0.1) is 24.0 Å². The molecule has 2 atom stereocenters. The van der Waals surface area contributed by atoms with Crippen LogP contribution in [-0.2, 0) is 25.8 Å². The number of nitrogens with zero attached hydrogens (tertiary/aromatic N) is 2.